The monoisotopic (exact) mass is 391 g/mol. The minimum atomic E-state index is -0.347. The van der Waals surface area contributed by atoms with Crippen LogP contribution in [0.25, 0.3) is 0 Å². The molecule has 3 heterocycles. The molecule has 3 fully saturated rings. The number of amides is 1. The van der Waals surface area contributed by atoms with Gasteiger partial charge in [0.15, 0.2) is 5.82 Å². The van der Waals surface area contributed by atoms with Crippen LogP contribution in [0.5, 0.6) is 0 Å². The van der Waals surface area contributed by atoms with E-state index in [1.807, 2.05) is 11.6 Å². The Labute approximate surface area is 166 Å². The van der Waals surface area contributed by atoms with Crippen molar-refractivity contribution in [2.75, 3.05) is 39.4 Å². The lowest BCUT2D eigenvalue weighted by Gasteiger charge is -2.49. The van der Waals surface area contributed by atoms with E-state index < -0.39 is 0 Å². The molecule has 0 bridgehead atoms. The predicted octanol–water partition coefficient (Wildman–Crippen LogP) is 1.05. The van der Waals surface area contributed by atoms with Gasteiger partial charge in [0.05, 0.1) is 13.2 Å². The molecule has 8 nitrogen and oxygen atoms in total. The summed E-state index contributed by atoms with van der Waals surface area (Å²) in [5, 5.41) is 17.8. The number of aromatic nitrogens is 3. The van der Waals surface area contributed by atoms with E-state index in [0.717, 1.165) is 77.2 Å². The zero-order valence-electron chi connectivity index (χ0n) is 17.0. The van der Waals surface area contributed by atoms with Gasteiger partial charge in [-0.05, 0) is 25.7 Å². The molecule has 1 aliphatic carbocycles. The largest absolute Gasteiger partial charge is 0.388 e. The summed E-state index contributed by atoms with van der Waals surface area (Å²) in [6.45, 7) is 4.56. The minimum Gasteiger partial charge on any atom is -0.388 e. The Morgan fingerprint density at radius 3 is 2.57 bits per heavy atom. The number of nitrogens with zero attached hydrogens (tertiary/aromatic N) is 5. The van der Waals surface area contributed by atoms with E-state index in [1.54, 1.807) is 0 Å². The number of hydrogen-bond donors (Lipinski definition) is 1. The van der Waals surface area contributed by atoms with Gasteiger partial charge in [0.25, 0.3) is 0 Å². The molecule has 0 unspecified atom stereocenters. The average Bonchev–Trinajstić information content (AvgIpc) is 3.15. The second-order valence-corrected chi connectivity index (χ2v) is 8.47. The summed E-state index contributed by atoms with van der Waals surface area (Å²) in [5.74, 6) is 1.95. The molecule has 3 aliphatic rings. The van der Waals surface area contributed by atoms with Gasteiger partial charge in [0.2, 0.25) is 5.91 Å². The van der Waals surface area contributed by atoms with Gasteiger partial charge in [-0.3, -0.25) is 9.69 Å². The van der Waals surface area contributed by atoms with E-state index in [0.29, 0.717) is 18.3 Å². The van der Waals surface area contributed by atoms with E-state index in [4.69, 9.17) is 4.74 Å². The third-order valence-corrected chi connectivity index (χ3v) is 6.91. The van der Waals surface area contributed by atoms with Gasteiger partial charge in [0.1, 0.15) is 18.0 Å². The molecule has 8 heteroatoms. The maximum Gasteiger partial charge on any atom is 0.243 e. The van der Waals surface area contributed by atoms with Gasteiger partial charge >= 0.3 is 0 Å². The molecule has 156 valence electrons. The van der Waals surface area contributed by atoms with Crippen LogP contribution >= 0.6 is 0 Å². The van der Waals surface area contributed by atoms with Crippen LogP contribution < -0.4 is 0 Å². The van der Waals surface area contributed by atoms with Gasteiger partial charge in [-0.15, -0.1) is 10.2 Å². The number of aliphatic hydroxyl groups is 1. The molecule has 0 radical (unpaired) electrons. The normalized spacial score (nSPS) is 26.4. The first-order valence-electron chi connectivity index (χ1n) is 10.8. The van der Waals surface area contributed by atoms with Gasteiger partial charge in [-0.25, -0.2) is 0 Å². The molecule has 1 saturated carbocycles. The number of hydrogen-bond acceptors (Lipinski definition) is 6. The predicted molar refractivity (Wildman–Crippen MR) is 104 cm³/mol. The lowest BCUT2D eigenvalue weighted by atomic mass is 9.78. The van der Waals surface area contributed by atoms with Crippen LogP contribution in [-0.4, -0.2) is 80.5 Å². The highest BCUT2D eigenvalue weighted by Crippen LogP contribution is 2.37. The van der Waals surface area contributed by atoms with E-state index in [2.05, 4.69) is 20.0 Å². The van der Waals surface area contributed by atoms with E-state index >= 15 is 0 Å². The van der Waals surface area contributed by atoms with Crippen molar-refractivity contribution in [2.24, 2.45) is 7.05 Å². The standard InChI is InChI=1S/C20H33N5O3/c1-23-17(15-26)21-22-18(23)16-6-5-9-24(14-16)19(27)20(7-3-2-4-8-20)25-10-12-28-13-11-25/h16,26H,2-15H2,1H3/t16-/m1/s1. The first-order chi connectivity index (χ1) is 13.7. The van der Waals surface area contributed by atoms with Crippen LogP contribution in [0.3, 0.4) is 0 Å². The zero-order valence-corrected chi connectivity index (χ0v) is 17.0. The quantitative estimate of drug-likeness (QED) is 0.826. The van der Waals surface area contributed by atoms with Gasteiger partial charge < -0.3 is 19.3 Å². The number of aliphatic hydroxyl groups excluding tert-OH is 1. The molecule has 1 N–H and O–H groups in total. The Morgan fingerprint density at radius 1 is 1.14 bits per heavy atom. The lowest BCUT2D eigenvalue weighted by molar-refractivity contribution is -0.152. The molecule has 1 aromatic heterocycles. The van der Waals surface area contributed by atoms with Crippen LogP contribution in [0.4, 0.5) is 0 Å². The SMILES string of the molecule is Cn1c(CO)nnc1[C@@H]1CCCN(C(=O)C2(N3CCOCC3)CCCCC2)C1. The van der Waals surface area contributed by atoms with Crippen molar-refractivity contribution in [3.63, 3.8) is 0 Å². The van der Waals surface area contributed by atoms with Gasteiger partial charge in [-0.1, -0.05) is 19.3 Å². The number of likely N-dealkylation sites (tertiary alicyclic amines) is 1. The van der Waals surface area contributed by atoms with Crippen LogP contribution in [0.2, 0.25) is 0 Å². The minimum absolute atomic E-state index is 0.112. The topological polar surface area (TPSA) is 83.7 Å². The molecule has 1 atom stereocenters. The fourth-order valence-electron chi connectivity index (χ4n) is 5.33. The molecular weight excluding hydrogens is 358 g/mol. The molecule has 0 spiro atoms. The summed E-state index contributed by atoms with van der Waals surface area (Å²) in [7, 11) is 1.90. The lowest BCUT2D eigenvalue weighted by Crippen LogP contribution is -2.63. The van der Waals surface area contributed by atoms with Crippen molar-refractivity contribution < 1.29 is 14.6 Å². The molecule has 1 amide bonds. The highest BCUT2D eigenvalue weighted by atomic mass is 16.5. The second kappa shape index (κ2) is 8.47. The van der Waals surface area contributed by atoms with E-state index in [1.165, 1.54) is 6.42 Å². The van der Waals surface area contributed by atoms with Crippen molar-refractivity contribution in [3.05, 3.63) is 11.6 Å². The highest BCUT2D eigenvalue weighted by molar-refractivity contribution is 5.86. The number of ether oxygens (including phenoxy) is 1. The Hall–Kier alpha value is -1.51. The first-order valence-corrected chi connectivity index (χ1v) is 10.8. The summed E-state index contributed by atoms with van der Waals surface area (Å²) in [5.41, 5.74) is -0.347. The highest BCUT2D eigenvalue weighted by Gasteiger charge is 2.47. The third kappa shape index (κ3) is 3.57. The maximum atomic E-state index is 13.9. The second-order valence-electron chi connectivity index (χ2n) is 8.47. The number of carbonyl (C=O) groups excluding carboxylic acids is 1. The molecule has 28 heavy (non-hydrogen) atoms. The van der Waals surface area contributed by atoms with Crippen molar-refractivity contribution in [3.8, 4) is 0 Å². The Balaban J connectivity index is 1.54. The molecule has 2 saturated heterocycles. The molecule has 1 aromatic rings. The third-order valence-electron chi connectivity index (χ3n) is 6.91. The van der Waals surface area contributed by atoms with Crippen LogP contribution in [0.15, 0.2) is 0 Å². The smallest absolute Gasteiger partial charge is 0.243 e. The average molecular weight is 392 g/mol. The van der Waals surface area contributed by atoms with Gasteiger partial charge in [-0.2, -0.15) is 0 Å². The molecule has 2 aliphatic heterocycles. The summed E-state index contributed by atoms with van der Waals surface area (Å²) >= 11 is 0. The molecule has 4 rings (SSSR count). The Kier molecular flexibility index (Phi) is 5.99. The van der Waals surface area contributed by atoms with Crippen LogP contribution in [-0.2, 0) is 23.2 Å². The van der Waals surface area contributed by atoms with E-state index in [-0.39, 0.29) is 18.1 Å². The summed E-state index contributed by atoms with van der Waals surface area (Å²) in [4.78, 5) is 18.4. The fraction of sp³-hybridized carbons (Fsp3) is 0.850. The number of rotatable bonds is 4. The number of carbonyl (C=O) groups is 1. The zero-order chi connectivity index (χ0) is 19.6. The van der Waals surface area contributed by atoms with Crippen molar-refractivity contribution >= 4 is 5.91 Å². The summed E-state index contributed by atoms with van der Waals surface area (Å²) in [6, 6.07) is 0. The Bertz CT molecular complexity index is 679. The van der Waals surface area contributed by atoms with Gasteiger partial charge in [0, 0.05) is 39.1 Å². The summed E-state index contributed by atoms with van der Waals surface area (Å²) < 4.78 is 7.44. The Morgan fingerprint density at radius 2 is 1.89 bits per heavy atom. The van der Waals surface area contributed by atoms with E-state index in [9.17, 15) is 9.90 Å². The number of piperidine rings is 1. The first kappa shape index (κ1) is 19.8. The number of morpholine rings is 1. The van der Waals surface area contributed by atoms with Crippen molar-refractivity contribution in [2.45, 2.75) is 63.0 Å². The van der Waals surface area contributed by atoms with Crippen molar-refractivity contribution in [1.82, 2.24) is 24.6 Å². The summed E-state index contributed by atoms with van der Waals surface area (Å²) in [6.07, 6.45) is 7.40. The van der Waals surface area contributed by atoms with Crippen LogP contribution in [0, 0.1) is 0 Å². The fourth-order valence-corrected chi connectivity index (χ4v) is 5.33. The van der Waals surface area contributed by atoms with Crippen LogP contribution in [0.1, 0.15) is 62.5 Å². The molecule has 0 aromatic carbocycles. The molecular formula is C20H33N5O3. The maximum absolute atomic E-state index is 13.9. The van der Waals surface area contributed by atoms with Crippen molar-refractivity contribution in [1.29, 1.82) is 0 Å².